The molecule has 0 atom stereocenters. The van der Waals surface area contributed by atoms with E-state index in [-0.39, 0.29) is 11.6 Å². The van der Waals surface area contributed by atoms with Crippen molar-refractivity contribution >= 4 is 23.2 Å². The molecule has 1 amide bonds. The molecule has 0 fully saturated rings. The van der Waals surface area contributed by atoms with Crippen molar-refractivity contribution in [1.29, 1.82) is 0 Å². The minimum absolute atomic E-state index is 0.0810. The number of amides is 1. The lowest BCUT2D eigenvalue weighted by Gasteiger charge is -2.09. The van der Waals surface area contributed by atoms with E-state index in [0.29, 0.717) is 10.6 Å². The predicted molar refractivity (Wildman–Crippen MR) is 75.3 cm³/mol. The fourth-order valence-corrected chi connectivity index (χ4v) is 2.02. The zero-order valence-electron chi connectivity index (χ0n) is 10.6. The van der Waals surface area contributed by atoms with Gasteiger partial charge in [-0.05, 0) is 43.7 Å². The second kappa shape index (κ2) is 5.41. The van der Waals surface area contributed by atoms with Crippen LogP contribution in [0.5, 0.6) is 0 Å². The van der Waals surface area contributed by atoms with Crippen LogP contribution in [0.3, 0.4) is 0 Å². The van der Waals surface area contributed by atoms with Crippen molar-refractivity contribution in [2.75, 3.05) is 5.32 Å². The molecule has 0 radical (unpaired) electrons. The van der Waals surface area contributed by atoms with Gasteiger partial charge < -0.3 is 5.32 Å². The fraction of sp³-hybridized carbons (Fsp3) is 0.133. The summed E-state index contributed by atoms with van der Waals surface area (Å²) in [6.07, 6.45) is 0. The lowest BCUT2D eigenvalue weighted by atomic mass is 10.1. The van der Waals surface area contributed by atoms with E-state index in [9.17, 15) is 9.18 Å². The van der Waals surface area contributed by atoms with Crippen LogP contribution in [0.2, 0.25) is 5.02 Å². The first-order valence-electron chi connectivity index (χ1n) is 5.81. The van der Waals surface area contributed by atoms with Crippen LogP contribution in [-0.4, -0.2) is 5.91 Å². The van der Waals surface area contributed by atoms with Gasteiger partial charge in [0.05, 0.1) is 5.69 Å². The van der Waals surface area contributed by atoms with Gasteiger partial charge in [0.1, 0.15) is 5.82 Å². The van der Waals surface area contributed by atoms with Crippen LogP contribution in [0.25, 0.3) is 0 Å². The maximum atomic E-state index is 13.5. The van der Waals surface area contributed by atoms with Crippen molar-refractivity contribution in [3.8, 4) is 0 Å². The van der Waals surface area contributed by atoms with Crippen molar-refractivity contribution in [1.82, 2.24) is 0 Å². The lowest BCUT2D eigenvalue weighted by Crippen LogP contribution is -2.14. The Kier molecular flexibility index (Phi) is 3.86. The molecular weight excluding hydrogens is 265 g/mol. The third-order valence-electron chi connectivity index (χ3n) is 2.80. The van der Waals surface area contributed by atoms with E-state index in [4.69, 9.17) is 11.6 Å². The Bertz CT molecular complexity index is 640. The lowest BCUT2D eigenvalue weighted by molar-refractivity contribution is 0.102. The van der Waals surface area contributed by atoms with E-state index in [1.54, 1.807) is 6.07 Å². The van der Waals surface area contributed by atoms with Crippen LogP contribution in [0, 0.1) is 19.7 Å². The first kappa shape index (κ1) is 13.6. The molecule has 19 heavy (non-hydrogen) atoms. The van der Waals surface area contributed by atoms with E-state index in [1.807, 2.05) is 26.0 Å². The van der Waals surface area contributed by atoms with Gasteiger partial charge in [-0.1, -0.05) is 29.3 Å². The Morgan fingerprint density at radius 3 is 2.58 bits per heavy atom. The third-order valence-corrected chi connectivity index (χ3v) is 3.04. The second-order valence-electron chi connectivity index (χ2n) is 4.40. The molecule has 0 saturated heterocycles. The number of rotatable bonds is 2. The number of carbonyl (C=O) groups is 1. The number of anilines is 1. The molecule has 0 heterocycles. The van der Waals surface area contributed by atoms with E-state index < -0.39 is 5.82 Å². The molecule has 0 aromatic heterocycles. The van der Waals surface area contributed by atoms with Crippen molar-refractivity contribution < 1.29 is 9.18 Å². The smallest absolute Gasteiger partial charge is 0.256 e. The van der Waals surface area contributed by atoms with E-state index in [1.165, 1.54) is 18.2 Å². The number of carbonyl (C=O) groups excluding carboxylic acids is 1. The second-order valence-corrected chi connectivity index (χ2v) is 4.83. The third kappa shape index (κ3) is 3.12. The van der Waals surface area contributed by atoms with Crippen molar-refractivity contribution in [2.24, 2.45) is 0 Å². The largest absolute Gasteiger partial charge is 0.319 e. The summed E-state index contributed by atoms with van der Waals surface area (Å²) >= 11 is 5.78. The molecule has 0 bridgehead atoms. The van der Waals surface area contributed by atoms with Crippen LogP contribution in [0.1, 0.15) is 21.5 Å². The first-order valence-corrected chi connectivity index (χ1v) is 6.19. The Morgan fingerprint density at radius 1 is 1.16 bits per heavy atom. The summed E-state index contributed by atoms with van der Waals surface area (Å²) in [5, 5.41) is 2.90. The minimum Gasteiger partial charge on any atom is -0.319 e. The van der Waals surface area contributed by atoms with Crippen molar-refractivity contribution in [3.05, 3.63) is 63.9 Å². The zero-order valence-corrected chi connectivity index (χ0v) is 11.4. The number of halogens is 2. The quantitative estimate of drug-likeness (QED) is 0.869. The molecule has 4 heteroatoms. The highest BCUT2D eigenvalue weighted by molar-refractivity contribution is 6.31. The summed E-state index contributed by atoms with van der Waals surface area (Å²) in [5.74, 6) is -0.860. The molecule has 0 spiro atoms. The monoisotopic (exact) mass is 277 g/mol. The molecule has 0 aliphatic rings. The summed E-state index contributed by atoms with van der Waals surface area (Å²) in [6, 6.07) is 9.52. The van der Waals surface area contributed by atoms with E-state index in [0.717, 1.165) is 11.1 Å². The maximum Gasteiger partial charge on any atom is 0.256 e. The topological polar surface area (TPSA) is 29.1 Å². The molecule has 98 valence electrons. The van der Waals surface area contributed by atoms with E-state index in [2.05, 4.69) is 5.32 Å². The molecule has 2 aromatic carbocycles. The minimum atomic E-state index is -0.512. The van der Waals surface area contributed by atoms with Crippen molar-refractivity contribution in [2.45, 2.75) is 13.8 Å². The molecule has 2 nitrogen and oxygen atoms in total. The molecular formula is C15H13ClFNO. The molecule has 0 unspecified atom stereocenters. The molecule has 0 aliphatic heterocycles. The molecule has 0 saturated carbocycles. The fourth-order valence-electron chi connectivity index (χ4n) is 1.85. The van der Waals surface area contributed by atoms with Gasteiger partial charge in [-0.2, -0.15) is 0 Å². The highest BCUT2D eigenvalue weighted by Crippen LogP contribution is 2.21. The van der Waals surface area contributed by atoms with Crippen LogP contribution in [0.4, 0.5) is 10.1 Å². The number of hydrogen-bond acceptors (Lipinski definition) is 1. The molecule has 2 aromatic rings. The average Bonchev–Trinajstić information content (AvgIpc) is 2.33. The average molecular weight is 278 g/mol. The SMILES string of the molecule is Cc1ccc(C(=O)Nc2cc(Cl)ccc2F)c(C)c1. The molecule has 2 rings (SSSR count). The normalized spacial score (nSPS) is 10.3. The van der Waals surface area contributed by atoms with Crippen LogP contribution >= 0.6 is 11.6 Å². The van der Waals surface area contributed by atoms with Gasteiger partial charge in [-0.25, -0.2) is 4.39 Å². The highest BCUT2D eigenvalue weighted by Gasteiger charge is 2.12. The van der Waals surface area contributed by atoms with Gasteiger partial charge in [0.25, 0.3) is 5.91 Å². The van der Waals surface area contributed by atoms with E-state index >= 15 is 0 Å². The number of aryl methyl sites for hydroxylation is 2. The number of hydrogen-bond donors (Lipinski definition) is 1. The predicted octanol–water partition coefficient (Wildman–Crippen LogP) is 4.35. The Balaban J connectivity index is 2.28. The standard InChI is InChI=1S/C15H13ClFNO/c1-9-3-5-12(10(2)7-9)15(19)18-14-8-11(16)4-6-13(14)17/h3-8H,1-2H3,(H,18,19). The number of nitrogens with one attached hydrogen (secondary N) is 1. The van der Waals surface area contributed by atoms with Gasteiger partial charge in [-0.15, -0.1) is 0 Å². The van der Waals surface area contributed by atoms with Gasteiger partial charge in [0.2, 0.25) is 0 Å². The van der Waals surface area contributed by atoms with Crippen LogP contribution in [0.15, 0.2) is 36.4 Å². The Morgan fingerprint density at radius 2 is 1.89 bits per heavy atom. The summed E-state index contributed by atoms with van der Waals surface area (Å²) in [5.41, 5.74) is 2.52. The number of benzene rings is 2. The first-order chi connectivity index (χ1) is 8.97. The van der Waals surface area contributed by atoms with Crippen LogP contribution < -0.4 is 5.32 Å². The van der Waals surface area contributed by atoms with Crippen molar-refractivity contribution in [3.63, 3.8) is 0 Å². The summed E-state index contributed by atoms with van der Waals surface area (Å²) < 4.78 is 13.5. The molecule has 1 N–H and O–H groups in total. The van der Waals surface area contributed by atoms with Gasteiger partial charge >= 0.3 is 0 Å². The molecule has 0 aliphatic carbocycles. The van der Waals surface area contributed by atoms with Gasteiger partial charge in [0.15, 0.2) is 0 Å². The van der Waals surface area contributed by atoms with Gasteiger partial charge in [0, 0.05) is 10.6 Å². The summed E-state index contributed by atoms with van der Waals surface area (Å²) in [6.45, 7) is 3.79. The Hall–Kier alpha value is -1.87. The van der Waals surface area contributed by atoms with Crippen LogP contribution in [-0.2, 0) is 0 Å². The summed E-state index contributed by atoms with van der Waals surface area (Å²) in [4.78, 5) is 12.1. The maximum absolute atomic E-state index is 13.5. The zero-order chi connectivity index (χ0) is 14.0. The van der Waals surface area contributed by atoms with Gasteiger partial charge in [-0.3, -0.25) is 4.79 Å². The highest BCUT2D eigenvalue weighted by atomic mass is 35.5. The summed E-state index contributed by atoms with van der Waals surface area (Å²) in [7, 11) is 0. The Labute approximate surface area is 116 Å².